The molecule has 0 saturated heterocycles. The minimum atomic E-state index is -3.70. The summed E-state index contributed by atoms with van der Waals surface area (Å²) in [6, 6.07) is 21.3. The van der Waals surface area contributed by atoms with Crippen molar-refractivity contribution >= 4 is 64.7 Å². The Balaban J connectivity index is 1.62. The normalized spacial score (nSPS) is 11.5. The van der Waals surface area contributed by atoms with Gasteiger partial charge < -0.3 is 5.32 Å². The van der Waals surface area contributed by atoms with Gasteiger partial charge in [-0.15, -0.1) is 11.3 Å². The predicted octanol–water partition coefficient (Wildman–Crippen LogP) is 6.05. The van der Waals surface area contributed by atoms with E-state index in [9.17, 15) is 13.2 Å². The number of aryl methyl sites for hydroxylation is 1. The highest BCUT2D eigenvalue weighted by atomic mass is 79.9. The van der Waals surface area contributed by atoms with Gasteiger partial charge in [0, 0.05) is 21.9 Å². The van der Waals surface area contributed by atoms with Crippen LogP contribution < -0.4 is 9.62 Å². The van der Waals surface area contributed by atoms with E-state index in [-0.39, 0.29) is 10.8 Å². The number of rotatable bonds is 5. The smallest absolute Gasteiger partial charge is 0.265 e. The van der Waals surface area contributed by atoms with Crippen molar-refractivity contribution in [2.45, 2.75) is 11.8 Å². The van der Waals surface area contributed by atoms with Crippen LogP contribution in [-0.2, 0) is 10.0 Å². The van der Waals surface area contributed by atoms with Gasteiger partial charge in [-0.05, 0) is 72.5 Å². The molecule has 4 rings (SSSR count). The van der Waals surface area contributed by atoms with E-state index >= 15 is 0 Å². The molecule has 0 atom stereocenters. The van der Waals surface area contributed by atoms with Crippen LogP contribution in [0.2, 0.25) is 0 Å². The fraction of sp³-hybridized carbons (Fsp3) is 0.0870. The molecule has 158 valence electrons. The van der Waals surface area contributed by atoms with Crippen LogP contribution in [0.1, 0.15) is 15.2 Å². The zero-order valence-electron chi connectivity index (χ0n) is 16.8. The molecule has 5 nitrogen and oxygen atoms in total. The van der Waals surface area contributed by atoms with E-state index in [0.717, 1.165) is 25.8 Å². The Hall–Kier alpha value is -2.68. The van der Waals surface area contributed by atoms with Gasteiger partial charge in [0.15, 0.2) is 0 Å². The summed E-state index contributed by atoms with van der Waals surface area (Å²) < 4.78 is 28.9. The van der Waals surface area contributed by atoms with Crippen LogP contribution in [0.15, 0.2) is 82.2 Å². The second-order valence-electron chi connectivity index (χ2n) is 7.03. The van der Waals surface area contributed by atoms with Crippen molar-refractivity contribution in [1.29, 1.82) is 0 Å². The van der Waals surface area contributed by atoms with Gasteiger partial charge in [0.2, 0.25) is 0 Å². The van der Waals surface area contributed by atoms with Crippen molar-refractivity contribution in [1.82, 2.24) is 0 Å². The van der Waals surface area contributed by atoms with Crippen molar-refractivity contribution in [3.05, 3.63) is 87.7 Å². The number of halogens is 1. The summed E-state index contributed by atoms with van der Waals surface area (Å²) >= 11 is 4.69. The monoisotopic (exact) mass is 514 g/mol. The first kappa shape index (κ1) is 21.5. The molecule has 0 fully saturated rings. The van der Waals surface area contributed by atoms with Crippen LogP contribution in [0.3, 0.4) is 0 Å². The zero-order chi connectivity index (χ0) is 22.2. The number of hydrogen-bond acceptors (Lipinski definition) is 4. The third-order valence-corrected chi connectivity index (χ3v) is 8.40. The van der Waals surface area contributed by atoms with Gasteiger partial charge in [0.25, 0.3) is 15.9 Å². The van der Waals surface area contributed by atoms with E-state index < -0.39 is 10.0 Å². The summed E-state index contributed by atoms with van der Waals surface area (Å²) in [6.45, 7) is 1.94. The van der Waals surface area contributed by atoms with Crippen molar-refractivity contribution in [2.24, 2.45) is 0 Å². The minimum absolute atomic E-state index is 0.187. The number of hydrogen-bond donors (Lipinski definition) is 1. The lowest BCUT2D eigenvalue weighted by atomic mass is 10.2. The van der Waals surface area contributed by atoms with Crippen molar-refractivity contribution in [3.63, 3.8) is 0 Å². The van der Waals surface area contributed by atoms with Crippen LogP contribution in [0.25, 0.3) is 10.1 Å². The number of thiophene rings is 1. The maximum absolute atomic E-state index is 13.0. The van der Waals surface area contributed by atoms with Crippen LogP contribution in [-0.4, -0.2) is 21.4 Å². The van der Waals surface area contributed by atoms with Gasteiger partial charge in [-0.2, -0.15) is 0 Å². The number of amides is 1. The summed E-state index contributed by atoms with van der Waals surface area (Å²) in [6.07, 6.45) is 0. The van der Waals surface area contributed by atoms with Gasteiger partial charge in [0.05, 0.1) is 15.5 Å². The van der Waals surface area contributed by atoms with E-state index in [4.69, 9.17) is 0 Å². The third-order valence-electron chi connectivity index (χ3n) is 4.95. The minimum Gasteiger partial charge on any atom is -0.321 e. The van der Waals surface area contributed by atoms with Gasteiger partial charge in [-0.1, -0.05) is 34.1 Å². The Morgan fingerprint density at radius 2 is 1.71 bits per heavy atom. The molecule has 1 N–H and O–H groups in total. The van der Waals surface area contributed by atoms with E-state index in [2.05, 4.69) is 21.2 Å². The van der Waals surface area contributed by atoms with E-state index in [1.807, 2.05) is 37.3 Å². The molecule has 0 unspecified atom stereocenters. The zero-order valence-corrected chi connectivity index (χ0v) is 20.0. The molecule has 1 aromatic heterocycles. The summed E-state index contributed by atoms with van der Waals surface area (Å²) in [7, 11) is -2.17. The molecule has 4 aromatic rings. The van der Waals surface area contributed by atoms with Crippen LogP contribution >= 0.6 is 27.3 Å². The molecule has 1 heterocycles. The molecule has 31 heavy (non-hydrogen) atoms. The van der Waals surface area contributed by atoms with Gasteiger partial charge in [-0.25, -0.2) is 8.42 Å². The number of para-hydroxylation sites is 1. The highest BCUT2D eigenvalue weighted by Crippen LogP contribution is 2.32. The molecule has 0 spiro atoms. The second kappa shape index (κ2) is 8.45. The van der Waals surface area contributed by atoms with Gasteiger partial charge in [0.1, 0.15) is 0 Å². The summed E-state index contributed by atoms with van der Waals surface area (Å²) in [5.41, 5.74) is 2.28. The number of sulfonamides is 1. The number of anilines is 2. The Bertz CT molecular complexity index is 1380. The largest absolute Gasteiger partial charge is 0.321 e. The van der Waals surface area contributed by atoms with E-state index in [1.54, 1.807) is 42.5 Å². The molecule has 0 radical (unpaired) electrons. The molecular formula is C23H19BrN2O3S2. The van der Waals surface area contributed by atoms with E-state index in [1.165, 1.54) is 22.7 Å². The summed E-state index contributed by atoms with van der Waals surface area (Å²) in [5.74, 6) is -0.187. The maximum atomic E-state index is 13.0. The predicted molar refractivity (Wildman–Crippen MR) is 131 cm³/mol. The Morgan fingerprint density at radius 3 is 2.42 bits per heavy atom. The van der Waals surface area contributed by atoms with Crippen molar-refractivity contribution in [2.75, 3.05) is 16.7 Å². The average Bonchev–Trinajstić information content (AvgIpc) is 3.18. The highest BCUT2D eigenvalue weighted by Gasteiger charge is 2.22. The number of carbonyl (C=O) groups excluding carboxylic acids is 1. The summed E-state index contributed by atoms with van der Waals surface area (Å²) in [4.78, 5) is 13.5. The summed E-state index contributed by atoms with van der Waals surface area (Å²) in [5, 5.41) is 3.75. The first-order valence-corrected chi connectivity index (χ1v) is 12.5. The fourth-order valence-corrected chi connectivity index (χ4v) is 5.53. The number of benzene rings is 3. The van der Waals surface area contributed by atoms with Gasteiger partial charge in [-0.3, -0.25) is 9.10 Å². The molecule has 0 saturated carbocycles. The molecule has 0 aliphatic rings. The lowest BCUT2D eigenvalue weighted by molar-refractivity contribution is 0.103. The first-order valence-electron chi connectivity index (χ1n) is 9.41. The van der Waals surface area contributed by atoms with E-state index in [0.29, 0.717) is 10.6 Å². The topological polar surface area (TPSA) is 66.5 Å². The highest BCUT2D eigenvalue weighted by molar-refractivity contribution is 9.10. The lowest BCUT2D eigenvalue weighted by Gasteiger charge is -2.19. The molecule has 0 bridgehead atoms. The Kier molecular flexibility index (Phi) is 5.88. The number of nitrogens with one attached hydrogen (secondary N) is 1. The number of fused-ring (bicyclic) bond motifs is 1. The van der Waals surface area contributed by atoms with Gasteiger partial charge >= 0.3 is 0 Å². The molecular weight excluding hydrogens is 496 g/mol. The second-order valence-corrected chi connectivity index (χ2v) is 11.0. The molecule has 0 aliphatic heterocycles. The van der Waals surface area contributed by atoms with Crippen LogP contribution in [0, 0.1) is 6.92 Å². The number of carbonyl (C=O) groups is 1. The van der Waals surface area contributed by atoms with Crippen LogP contribution in [0.5, 0.6) is 0 Å². The SMILES string of the molecule is Cc1ccccc1NC(=O)c1cc2cc(N(C)S(=O)(=O)c3ccc(Br)cc3)ccc2s1. The first-order chi connectivity index (χ1) is 14.8. The quantitative estimate of drug-likeness (QED) is 0.352. The fourth-order valence-electron chi connectivity index (χ4n) is 3.14. The standard InChI is InChI=1S/C23H19BrN2O3S2/c1-15-5-3-4-6-20(15)25-23(27)22-14-16-13-18(9-12-21(16)30-22)26(2)31(28,29)19-10-7-17(24)8-11-19/h3-14H,1-2H3,(H,25,27). The van der Waals surface area contributed by atoms with Crippen LogP contribution in [0.4, 0.5) is 11.4 Å². The van der Waals surface area contributed by atoms with Crippen molar-refractivity contribution in [3.8, 4) is 0 Å². The molecule has 8 heteroatoms. The maximum Gasteiger partial charge on any atom is 0.265 e. The Labute approximate surface area is 193 Å². The average molecular weight is 515 g/mol. The number of nitrogens with zero attached hydrogens (tertiary/aromatic N) is 1. The third kappa shape index (κ3) is 4.37. The molecule has 0 aliphatic carbocycles. The van der Waals surface area contributed by atoms with Crippen molar-refractivity contribution < 1.29 is 13.2 Å². The Morgan fingerprint density at radius 1 is 1.00 bits per heavy atom. The molecule has 3 aromatic carbocycles. The molecule has 1 amide bonds. The lowest BCUT2D eigenvalue weighted by Crippen LogP contribution is -2.26.